The minimum Gasteiger partial charge on any atom is -0.391 e. The van der Waals surface area contributed by atoms with Crippen LogP contribution in [0.1, 0.15) is 23.2 Å². The molecule has 1 aromatic carbocycles. The normalized spacial score (nSPS) is 16.5. The number of aliphatic hydroxyl groups excluding tert-OH is 1. The number of aromatic nitrogens is 1. The largest absolute Gasteiger partial charge is 0.391 e. The predicted octanol–water partition coefficient (Wildman–Crippen LogP) is 1.68. The van der Waals surface area contributed by atoms with Crippen LogP contribution < -0.4 is 5.32 Å². The summed E-state index contributed by atoms with van der Waals surface area (Å²) in [6.45, 7) is 0.340. The lowest BCUT2D eigenvalue weighted by Crippen LogP contribution is -2.33. The lowest BCUT2D eigenvalue weighted by atomic mass is 10.1. The second kappa shape index (κ2) is 4.70. The van der Waals surface area contributed by atoms with Gasteiger partial charge in [-0.1, -0.05) is 18.2 Å². The Hall–Kier alpha value is -1.81. The summed E-state index contributed by atoms with van der Waals surface area (Å²) in [4.78, 5) is 12.2. The fraction of sp³-hybridized carbons (Fsp3) is 0.400. The van der Waals surface area contributed by atoms with Crippen LogP contribution >= 0.6 is 0 Å². The molecular formula is C15H18N2O2. The van der Waals surface area contributed by atoms with E-state index in [1.165, 1.54) is 0 Å². The van der Waals surface area contributed by atoms with E-state index in [1.807, 2.05) is 42.1 Å². The third-order valence-electron chi connectivity index (χ3n) is 3.78. The van der Waals surface area contributed by atoms with Crippen LogP contribution in [0.4, 0.5) is 0 Å². The molecule has 0 saturated heterocycles. The number of benzene rings is 1. The van der Waals surface area contributed by atoms with Crippen LogP contribution in [0.2, 0.25) is 0 Å². The molecule has 1 saturated carbocycles. The maximum Gasteiger partial charge on any atom is 0.253 e. The minimum atomic E-state index is -0.404. The third kappa shape index (κ3) is 2.36. The Kier molecular flexibility index (Phi) is 3.03. The smallest absolute Gasteiger partial charge is 0.253 e. The first-order chi connectivity index (χ1) is 9.16. The molecule has 0 spiro atoms. The zero-order valence-electron chi connectivity index (χ0n) is 11.0. The molecule has 3 rings (SSSR count). The number of aliphatic hydroxyl groups is 1. The molecule has 1 aliphatic rings. The number of amides is 1. The van der Waals surface area contributed by atoms with E-state index in [9.17, 15) is 9.90 Å². The van der Waals surface area contributed by atoms with Gasteiger partial charge in [-0.3, -0.25) is 4.79 Å². The summed E-state index contributed by atoms with van der Waals surface area (Å²) in [5, 5.41) is 13.6. The molecule has 19 heavy (non-hydrogen) atoms. The second-order valence-corrected chi connectivity index (χ2v) is 5.29. The lowest BCUT2D eigenvalue weighted by Gasteiger charge is -2.10. The monoisotopic (exact) mass is 258 g/mol. The van der Waals surface area contributed by atoms with Crippen molar-refractivity contribution in [3.8, 4) is 0 Å². The summed E-state index contributed by atoms with van der Waals surface area (Å²) >= 11 is 0. The summed E-state index contributed by atoms with van der Waals surface area (Å²) in [5.74, 6) is 0.268. The highest BCUT2D eigenvalue weighted by Gasteiger charge is 2.29. The van der Waals surface area contributed by atoms with Crippen LogP contribution in [-0.2, 0) is 7.05 Å². The molecule has 2 aromatic rings. The molecule has 1 amide bonds. The maximum absolute atomic E-state index is 12.2. The van der Waals surface area contributed by atoms with Gasteiger partial charge in [0.25, 0.3) is 5.91 Å². The quantitative estimate of drug-likeness (QED) is 0.876. The molecule has 1 heterocycles. The predicted molar refractivity (Wildman–Crippen MR) is 74.0 cm³/mol. The van der Waals surface area contributed by atoms with Crippen molar-refractivity contribution in [3.63, 3.8) is 0 Å². The number of hydrogen-bond acceptors (Lipinski definition) is 2. The number of carbonyl (C=O) groups excluding carboxylic acids is 1. The van der Waals surface area contributed by atoms with Gasteiger partial charge in [-0.15, -0.1) is 0 Å². The molecule has 0 aliphatic heterocycles. The van der Waals surface area contributed by atoms with Crippen molar-refractivity contribution < 1.29 is 9.90 Å². The van der Waals surface area contributed by atoms with E-state index < -0.39 is 6.10 Å². The van der Waals surface area contributed by atoms with Crippen molar-refractivity contribution in [2.75, 3.05) is 6.54 Å². The van der Waals surface area contributed by atoms with E-state index >= 15 is 0 Å². The number of nitrogens with one attached hydrogen (secondary N) is 1. The van der Waals surface area contributed by atoms with Gasteiger partial charge in [-0.2, -0.15) is 0 Å². The van der Waals surface area contributed by atoms with Gasteiger partial charge in [0.1, 0.15) is 0 Å². The molecule has 1 unspecified atom stereocenters. The van der Waals surface area contributed by atoms with Crippen molar-refractivity contribution in [1.82, 2.24) is 9.88 Å². The van der Waals surface area contributed by atoms with E-state index in [1.54, 1.807) is 0 Å². The van der Waals surface area contributed by atoms with Crippen LogP contribution in [0.5, 0.6) is 0 Å². The van der Waals surface area contributed by atoms with Gasteiger partial charge >= 0.3 is 0 Å². The summed E-state index contributed by atoms with van der Waals surface area (Å²) in [6.07, 6.45) is 3.58. The number of rotatable bonds is 4. The van der Waals surface area contributed by atoms with E-state index in [2.05, 4.69) is 5.32 Å². The van der Waals surface area contributed by atoms with Gasteiger partial charge in [-0.05, 0) is 24.8 Å². The van der Waals surface area contributed by atoms with Crippen molar-refractivity contribution >= 4 is 16.8 Å². The van der Waals surface area contributed by atoms with Crippen LogP contribution in [0.25, 0.3) is 10.9 Å². The Morgan fingerprint density at radius 3 is 2.95 bits per heavy atom. The highest BCUT2D eigenvalue weighted by molar-refractivity contribution is 6.06. The first kappa shape index (κ1) is 12.2. The first-order valence-electron chi connectivity index (χ1n) is 6.67. The Morgan fingerprint density at radius 1 is 1.47 bits per heavy atom. The Labute approximate surface area is 112 Å². The van der Waals surface area contributed by atoms with Gasteiger partial charge in [0.15, 0.2) is 0 Å². The van der Waals surface area contributed by atoms with Crippen molar-refractivity contribution in [1.29, 1.82) is 0 Å². The van der Waals surface area contributed by atoms with Crippen LogP contribution in [-0.4, -0.2) is 28.2 Å². The van der Waals surface area contributed by atoms with Crippen LogP contribution in [0, 0.1) is 5.92 Å². The van der Waals surface area contributed by atoms with Gasteiger partial charge in [0.2, 0.25) is 0 Å². The highest BCUT2D eigenvalue weighted by Crippen LogP contribution is 2.32. The number of para-hydroxylation sites is 1. The number of hydrogen-bond donors (Lipinski definition) is 2. The Balaban J connectivity index is 1.77. The molecule has 4 heteroatoms. The Morgan fingerprint density at radius 2 is 2.21 bits per heavy atom. The summed E-state index contributed by atoms with van der Waals surface area (Å²) < 4.78 is 1.95. The zero-order chi connectivity index (χ0) is 13.4. The molecule has 0 radical (unpaired) electrons. The molecule has 100 valence electrons. The van der Waals surface area contributed by atoms with Gasteiger partial charge in [-0.25, -0.2) is 0 Å². The number of nitrogens with zero attached hydrogens (tertiary/aromatic N) is 1. The second-order valence-electron chi connectivity index (χ2n) is 5.29. The molecule has 1 aliphatic carbocycles. The minimum absolute atomic E-state index is 0.114. The van der Waals surface area contributed by atoms with Gasteiger partial charge in [0, 0.05) is 30.7 Å². The van der Waals surface area contributed by atoms with Crippen molar-refractivity contribution in [2.45, 2.75) is 18.9 Å². The molecule has 1 aromatic heterocycles. The maximum atomic E-state index is 12.2. The molecule has 1 atom stereocenters. The lowest BCUT2D eigenvalue weighted by molar-refractivity contribution is 0.0902. The highest BCUT2D eigenvalue weighted by atomic mass is 16.3. The fourth-order valence-electron chi connectivity index (χ4n) is 2.46. The molecular weight excluding hydrogens is 240 g/mol. The summed E-state index contributed by atoms with van der Waals surface area (Å²) in [5.41, 5.74) is 1.71. The first-order valence-corrected chi connectivity index (χ1v) is 6.67. The van der Waals surface area contributed by atoms with E-state index in [4.69, 9.17) is 0 Å². The van der Waals surface area contributed by atoms with Crippen molar-refractivity contribution in [2.24, 2.45) is 13.0 Å². The van der Waals surface area contributed by atoms with Gasteiger partial charge < -0.3 is 15.0 Å². The average Bonchev–Trinajstić information content (AvgIpc) is 3.21. The average molecular weight is 258 g/mol. The zero-order valence-corrected chi connectivity index (χ0v) is 11.0. The number of fused-ring (bicyclic) bond motifs is 1. The summed E-state index contributed by atoms with van der Waals surface area (Å²) in [7, 11) is 1.93. The topological polar surface area (TPSA) is 54.3 Å². The number of aryl methyl sites for hydroxylation is 1. The third-order valence-corrected chi connectivity index (χ3v) is 3.78. The Bertz CT molecular complexity index is 614. The molecule has 1 fully saturated rings. The standard InChI is InChI=1S/C15H18N2O2/c1-17-9-12(11-4-2-3-5-13(11)17)15(19)16-8-14(18)10-6-7-10/h2-5,9-10,14,18H,6-8H2,1H3,(H,16,19). The van der Waals surface area contributed by atoms with E-state index in [0.29, 0.717) is 18.0 Å². The summed E-state index contributed by atoms with van der Waals surface area (Å²) in [6, 6.07) is 7.83. The number of carbonyl (C=O) groups is 1. The van der Waals surface area contributed by atoms with Crippen LogP contribution in [0.3, 0.4) is 0 Å². The van der Waals surface area contributed by atoms with Crippen molar-refractivity contribution in [3.05, 3.63) is 36.0 Å². The van der Waals surface area contributed by atoms with E-state index in [0.717, 1.165) is 23.7 Å². The fourth-order valence-corrected chi connectivity index (χ4v) is 2.46. The van der Waals surface area contributed by atoms with Gasteiger partial charge in [0.05, 0.1) is 11.7 Å². The molecule has 4 nitrogen and oxygen atoms in total. The SMILES string of the molecule is Cn1cc(C(=O)NCC(O)C2CC2)c2ccccc21. The van der Waals surface area contributed by atoms with E-state index in [-0.39, 0.29) is 5.91 Å². The molecule has 0 bridgehead atoms. The molecule has 2 N–H and O–H groups in total. The van der Waals surface area contributed by atoms with Crippen LogP contribution in [0.15, 0.2) is 30.5 Å².